The summed E-state index contributed by atoms with van der Waals surface area (Å²) in [6.07, 6.45) is -0.689. The van der Waals surface area contributed by atoms with E-state index in [0.717, 1.165) is 22.3 Å². The number of hydrogen-bond donors (Lipinski definition) is 3. The van der Waals surface area contributed by atoms with Gasteiger partial charge >= 0.3 is 12.1 Å². The summed E-state index contributed by atoms with van der Waals surface area (Å²) in [5, 5.41) is 14.6. The highest BCUT2D eigenvalue weighted by molar-refractivity contribution is 5.87. The van der Waals surface area contributed by atoms with Gasteiger partial charge in [0.2, 0.25) is 5.91 Å². The number of rotatable bonds is 7. The maximum absolute atomic E-state index is 12.9. The number of nitrogens with one attached hydrogen (secondary N) is 2. The van der Waals surface area contributed by atoms with Crippen molar-refractivity contribution in [2.24, 2.45) is 11.3 Å². The van der Waals surface area contributed by atoms with Gasteiger partial charge < -0.3 is 20.5 Å². The van der Waals surface area contributed by atoms with Crippen molar-refractivity contribution >= 4 is 18.0 Å². The predicted molar refractivity (Wildman–Crippen MR) is 126 cm³/mol. The summed E-state index contributed by atoms with van der Waals surface area (Å²) >= 11 is 0. The van der Waals surface area contributed by atoms with Gasteiger partial charge in [-0.2, -0.15) is 0 Å². The Morgan fingerprint density at radius 1 is 0.939 bits per heavy atom. The number of benzene rings is 2. The number of amides is 2. The number of carboxylic acid groups (broad SMARTS) is 1. The maximum atomic E-state index is 12.9. The van der Waals surface area contributed by atoms with Gasteiger partial charge in [0.05, 0.1) is 5.92 Å². The van der Waals surface area contributed by atoms with E-state index in [0.29, 0.717) is 0 Å². The van der Waals surface area contributed by atoms with E-state index in [1.807, 2.05) is 57.2 Å². The van der Waals surface area contributed by atoms with Crippen molar-refractivity contribution in [3.63, 3.8) is 0 Å². The van der Waals surface area contributed by atoms with Crippen molar-refractivity contribution in [1.29, 1.82) is 0 Å². The standard InChI is InChI=1S/C26H32N2O5/c1-15(24(30)31)16(2)27-23(29)22(26(3,4)5)28-25(32)33-14-21-19-12-8-6-10-17(19)18-11-7-9-13-20(18)21/h6-13,15-16,21-22H,14H2,1-5H3,(H,27,29)(H,28,32)(H,30,31). The first-order valence-corrected chi connectivity index (χ1v) is 11.2. The molecular formula is C26H32N2O5. The topological polar surface area (TPSA) is 105 Å². The largest absolute Gasteiger partial charge is 0.481 e. The van der Waals surface area contributed by atoms with Crippen molar-refractivity contribution in [1.82, 2.24) is 10.6 Å². The summed E-state index contributed by atoms with van der Waals surface area (Å²) in [4.78, 5) is 36.8. The second-order valence-corrected chi connectivity index (χ2v) is 9.69. The lowest BCUT2D eigenvalue weighted by Crippen LogP contribution is -2.56. The number of alkyl carbamates (subject to hydrolysis) is 1. The summed E-state index contributed by atoms with van der Waals surface area (Å²) in [6, 6.07) is 14.6. The SMILES string of the molecule is CC(NC(=O)C(NC(=O)OCC1c2ccccc2-c2ccccc21)C(C)(C)C)C(C)C(=O)O. The molecule has 7 nitrogen and oxygen atoms in total. The second-order valence-electron chi connectivity index (χ2n) is 9.69. The van der Waals surface area contributed by atoms with Gasteiger partial charge in [0.15, 0.2) is 0 Å². The minimum absolute atomic E-state index is 0.0819. The molecule has 0 aliphatic heterocycles. The lowest BCUT2D eigenvalue weighted by Gasteiger charge is -2.31. The van der Waals surface area contributed by atoms with Crippen LogP contribution in [0.4, 0.5) is 4.79 Å². The lowest BCUT2D eigenvalue weighted by molar-refractivity contribution is -0.142. The molecule has 0 saturated heterocycles. The molecule has 1 aliphatic rings. The van der Waals surface area contributed by atoms with Crippen LogP contribution in [0.1, 0.15) is 51.7 Å². The average molecular weight is 453 g/mol. The molecule has 3 N–H and O–H groups in total. The van der Waals surface area contributed by atoms with Crippen LogP contribution in [-0.2, 0) is 14.3 Å². The Balaban J connectivity index is 1.68. The molecule has 176 valence electrons. The number of hydrogen-bond acceptors (Lipinski definition) is 4. The molecule has 33 heavy (non-hydrogen) atoms. The Kier molecular flexibility index (Phi) is 7.10. The average Bonchev–Trinajstić information content (AvgIpc) is 3.08. The number of ether oxygens (including phenoxy) is 1. The van der Waals surface area contributed by atoms with Crippen molar-refractivity contribution < 1.29 is 24.2 Å². The quantitative estimate of drug-likeness (QED) is 0.585. The maximum Gasteiger partial charge on any atom is 0.407 e. The summed E-state index contributed by atoms with van der Waals surface area (Å²) in [6.45, 7) is 8.78. The van der Waals surface area contributed by atoms with Gasteiger partial charge in [-0.15, -0.1) is 0 Å². The normalized spacial score (nSPS) is 15.5. The number of carbonyl (C=O) groups is 3. The Morgan fingerprint density at radius 3 is 1.94 bits per heavy atom. The first kappa shape index (κ1) is 24.3. The third kappa shape index (κ3) is 5.35. The van der Waals surface area contributed by atoms with Crippen LogP contribution in [0.15, 0.2) is 48.5 Å². The summed E-state index contributed by atoms with van der Waals surface area (Å²) < 4.78 is 5.58. The van der Waals surface area contributed by atoms with Crippen LogP contribution < -0.4 is 10.6 Å². The molecular weight excluding hydrogens is 420 g/mol. The second kappa shape index (κ2) is 9.65. The zero-order valence-corrected chi connectivity index (χ0v) is 19.7. The van der Waals surface area contributed by atoms with E-state index in [1.54, 1.807) is 6.92 Å². The fourth-order valence-electron chi connectivity index (χ4n) is 4.08. The van der Waals surface area contributed by atoms with Crippen molar-refractivity contribution in [2.75, 3.05) is 6.61 Å². The van der Waals surface area contributed by atoms with E-state index in [2.05, 4.69) is 22.8 Å². The van der Waals surface area contributed by atoms with Gasteiger partial charge in [0.25, 0.3) is 0 Å². The van der Waals surface area contributed by atoms with E-state index in [1.165, 1.54) is 6.92 Å². The van der Waals surface area contributed by atoms with E-state index in [4.69, 9.17) is 4.74 Å². The third-order valence-corrected chi connectivity index (χ3v) is 6.24. The van der Waals surface area contributed by atoms with Crippen molar-refractivity contribution in [3.8, 4) is 11.1 Å². The molecule has 7 heteroatoms. The zero-order valence-electron chi connectivity index (χ0n) is 19.7. The minimum atomic E-state index is -1.00. The number of fused-ring (bicyclic) bond motifs is 3. The first-order valence-electron chi connectivity index (χ1n) is 11.2. The van der Waals surface area contributed by atoms with Gasteiger partial charge in [0.1, 0.15) is 12.6 Å². The van der Waals surface area contributed by atoms with Crippen LogP contribution in [0.3, 0.4) is 0 Å². The highest BCUT2D eigenvalue weighted by atomic mass is 16.5. The fraction of sp³-hybridized carbons (Fsp3) is 0.423. The highest BCUT2D eigenvalue weighted by Crippen LogP contribution is 2.44. The van der Waals surface area contributed by atoms with Gasteiger partial charge in [-0.1, -0.05) is 69.3 Å². The molecule has 3 atom stereocenters. The van der Waals surface area contributed by atoms with Gasteiger partial charge in [-0.25, -0.2) is 4.79 Å². The Morgan fingerprint density at radius 2 is 1.45 bits per heavy atom. The molecule has 1 aliphatic carbocycles. The summed E-state index contributed by atoms with van der Waals surface area (Å²) in [5.41, 5.74) is 3.87. The van der Waals surface area contributed by atoms with Gasteiger partial charge in [0, 0.05) is 12.0 Å². The molecule has 2 aromatic rings. The summed E-state index contributed by atoms with van der Waals surface area (Å²) in [7, 11) is 0. The number of aliphatic carboxylic acids is 1. The highest BCUT2D eigenvalue weighted by Gasteiger charge is 2.36. The smallest absolute Gasteiger partial charge is 0.407 e. The molecule has 0 bridgehead atoms. The van der Waals surface area contributed by atoms with Crippen LogP contribution >= 0.6 is 0 Å². The van der Waals surface area contributed by atoms with E-state index in [9.17, 15) is 19.5 Å². The molecule has 0 radical (unpaired) electrons. The van der Waals surface area contributed by atoms with E-state index in [-0.39, 0.29) is 12.5 Å². The van der Waals surface area contributed by atoms with Gasteiger partial charge in [-0.05, 0) is 41.5 Å². The molecule has 2 amide bonds. The van der Waals surface area contributed by atoms with Gasteiger partial charge in [-0.3, -0.25) is 9.59 Å². The zero-order chi connectivity index (χ0) is 24.3. The first-order chi connectivity index (χ1) is 15.5. The molecule has 3 unspecified atom stereocenters. The lowest BCUT2D eigenvalue weighted by atomic mass is 9.86. The number of carbonyl (C=O) groups excluding carboxylic acids is 2. The third-order valence-electron chi connectivity index (χ3n) is 6.24. The van der Waals surface area contributed by atoms with E-state index >= 15 is 0 Å². The fourth-order valence-corrected chi connectivity index (χ4v) is 4.08. The Bertz CT molecular complexity index is 997. The Labute approximate surface area is 194 Å². The van der Waals surface area contributed by atoms with Crippen molar-refractivity contribution in [3.05, 3.63) is 59.7 Å². The molecule has 0 heterocycles. The monoisotopic (exact) mass is 452 g/mol. The molecule has 3 rings (SSSR count). The molecule has 0 aromatic heterocycles. The van der Waals surface area contributed by atoms with Crippen LogP contribution in [0.25, 0.3) is 11.1 Å². The van der Waals surface area contributed by atoms with Crippen LogP contribution in [0.2, 0.25) is 0 Å². The molecule has 0 saturated carbocycles. The van der Waals surface area contributed by atoms with E-state index < -0.39 is 41.4 Å². The van der Waals surface area contributed by atoms with Crippen LogP contribution in [-0.4, -0.2) is 41.8 Å². The Hall–Kier alpha value is -3.35. The molecule has 2 aromatic carbocycles. The predicted octanol–water partition coefficient (Wildman–Crippen LogP) is 4.17. The van der Waals surface area contributed by atoms with Crippen LogP contribution in [0, 0.1) is 11.3 Å². The molecule has 0 spiro atoms. The number of carboxylic acids is 1. The van der Waals surface area contributed by atoms with Crippen LogP contribution in [0.5, 0.6) is 0 Å². The summed E-state index contributed by atoms with van der Waals surface area (Å²) in [5.74, 6) is -2.29. The minimum Gasteiger partial charge on any atom is -0.481 e. The van der Waals surface area contributed by atoms with Crippen molar-refractivity contribution in [2.45, 2.75) is 52.6 Å². The molecule has 0 fully saturated rings.